The second kappa shape index (κ2) is 4.66. The molecule has 1 aliphatic heterocycles. The number of nitrogens with zero attached hydrogens (tertiary/aromatic N) is 1. The van der Waals surface area contributed by atoms with Crippen LogP contribution in [-0.2, 0) is 0 Å². The molecule has 2 nitrogen and oxygen atoms in total. The lowest BCUT2D eigenvalue weighted by atomic mass is 9.88. The molecule has 1 heterocycles. The molecule has 92 valence electrons. The van der Waals surface area contributed by atoms with Gasteiger partial charge in [-0.2, -0.15) is 0 Å². The molecule has 3 aliphatic rings. The normalized spacial score (nSPS) is 38.2. The van der Waals surface area contributed by atoms with Crippen LogP contribution in [0.15, 0.2) is 0 Å². The Morgan fingerprint density at radius 3 is 2.62 bits per heavy atom. The highest BCUT2D eigenvalue weighted by Crippen LogP contribution is 2.48. The molecule has 3 fully saturated rings. The number of rotatable bonds is 5. The Morgan fingerprint density at radius 2 is 2.06 bits per heavy atom. The van der Waals surface area contributed by atoms with Gasteiger partial charge in [-0.15, -0.1) is 0 Å². The van der Waals surface area contributed by atoms with Gasteiger partial charge >= 0.3 is 0 Å². The van der Waals surface area contributed by atoms with Crippen molar-refractivity contribution in [3.63, 3.8) is 0 Å². The fourth-order valence-corrected chi connectivity index (χ4v) is 4.05. The molecular formula is C14H26N2. The number of hydrogen-bond acceptors (Lipinski definition) is 2. The van der Waals surface area contributed by atoms with Crippen LogP contribution in [0.25, 0.3) is 0 Å². The summed E-state index contributed by atoms with van der Waals surface area (Å²) in [5, 5.41) is 3.36. The molecule has 0 spiro atoms. The van der Waals surface area contributed by atoms with Crippen LogP contribution in [0.3, 0.4) is 0 Å². The first-order valence-corrected chi connectivity index (χ1v) is 7.20. The van der Waals surface area contributed by atoms with E-state index in [1.54, 1.807) is 19.3 Å². The molecule has 16 heavy (non-hydrogen) atoms. The van der Waals surface area contributed by atoms with Crippen LogP contribution in [0.4, 0.5) is 0 Å². The lowest BCUT2D eigenvalue weighted by Gasteiger charge is -2.31. The summed E-state index contributed by atoms with van der Waals surface area (Å²) in [5.41, 5.74) is 0. The van der Waals surface area contributed by atoms with E-state index in [9.17, 15) is 0 Å². The Hall–Kier alpha value is -0.0800. The summed E-state index contributed by atoms with van der Waals surface area (Å²) in [7, 11) is 2.33. The van der Waals surface area contributed by atoms with Crippen molar-refractivity contribution in [1.82, 2.24) is 10.2 Å². The average Bonchev–Trinajstić information content (AvgIpc) is 2.76. The van der Waals surface area contributed by atoms with Gasteiger partial charge in [0.05, 0.1) is 0 Å². The topological polar surface area (TPSA) is 15.3 Å². The quantitative estimate of drug-likeness (QED) is 0.765. The molecule has 2 aliphatic carbocycles. The predicted molar refractivity (Wildman–Crippen MR) is 67.4 cm³/mol. The molecule has 0 aromatic rings. The van der Waals surface area contributed by atoms with E-state index in [-0.39, 0.29) is 0 Å². The highest BCUT2D eigenvalue weighted by molar-refractivity contribution is 4.91. The third-order valence-electron chi connectivity index (χ3n) is 5.22. The van der Waals surface area contributed by atoms with E-state index in [1.807, 2.05) is 0 Å². The minimum Gasteiger partial charge on any atom is -0.316 e. The zero-order valence-electron chi connectivity index (χ0n) is 10.6. The second-order valence-corrected chi connectivity index (χ2v) is 6.51. The third-order valence-corrected chi connectivity index (χ3v) is 5.22. The van der Waals surface area contributed by atoms with Gasteiger partial charge in [-0.25, -0.2) is 0 Å². The lowest BCUT2D eigenvalue weighted by molar-refractivity contribution is 0.198. The van der Waals surface area contributed by atoms with Crippen LogP contribution in [0, 0.1) is 23.7 Å². The maximum Gasteiger partial charge on any atom is 0.000936 e. The first-order chi connectivity index (χ1) is 7.81. The molecular weight excluding hydrogens is 196 g/mol. The molecule has 0 amide bonds. The van der Waals surface area contributed by atoms with Gasteiger partial charge in [0.1, 0.15) is 0 Å². The zero-order chi connectivity index (χ0) is 11.0. The largest absolute Gasteiger partial charge is 0.316 e. The highest BCUT2D eigenvalue weighted by Gasteiger charge is 2.39. The molecule has 0 aromatic heterocycles. The van der Waals surface area contributed by atoms with Crippen molar-refractivity contribution >= 4 is 0 Å². The fourth-order valence-electron chi connectivity index (χ4n) is 4.05. The molecule has 2 heteroatoms. The van der Waals surface area contributed by atoms with Crippen molar-refractivity contribution in [2.75, 3.05) is 33.2 Å². The van der Waals surface area contributed by atoms with E-state index in [2.05, 4.69) is 17.3 Å². The zero-order valence-corrected chi connectivity index (χ0v) is 10.6. The average molecular weight is 222 g/mol. The monoisotopic (exact) mass is 222 g/mol. The van der Waals surface area contributed by atoms with Crippen LogP contribution >= 0.6 is 0 Å². The number of hydrogen-bond donors (Lipinski definition) is 1. The Kier molecular flexibility index (Phi) is 3.21. The van der Waals surface area contributed by atoms with Crippen molar-refractivity contribution < 1.29 is 0 Å². The smallest absolute Gasteiger partial charge is 0.000936 e. The van der Waals surface area contributed by atoms with E-state index < -0.39 is 0 Å². The molecule has 2 saturated carbocycles. The summed E-state index contributed by atoms with van der Waals surface area (Å²) >= 11 is 0. The van der Waals surface area contributed by atoms with E-state index in [0.29, 0.717) is 0 Å². The predicted octanol–water partition coefficient (Wildman–Crippen LogP) is 1.96. The SMILES string of the molecule is CN(CCC1CNC1)CC1CC2CCC1C2. The molecule has 3 rings (SSSR count). The van der Waals surface area contributed by atoms with E-state index >= 15 is 0 Å². The van der Waals surface area contributed by atoms with Gasteiger partial charge in [0.15, 0.2) is 0 Å². The third kappa shape index (κ3) is 2.28. The van der Waals surface area contributed by atoms with Crippen molar-refractivity contribution in [3.05, 3.63) is 0 Å². The molecule has 2 bridgehead atoms. The van der Waals surface area contributed by atoms with Crippen LogP contribution in [0.2, 0.25) is 0 Å². The summed E-state index contributed by atoms with van der Waals surface area (Å²) in [6.07, 6.45) is 7.59. The van der Waals surface area contributed by atoms with E-state index in [1.165, 1.54) is 39.0 Å². The Morgan fingerprint density at radius 1 is 1.19 bits per heavy atom. The van der Waals surface area contributed by atoms with Gasteiger partial charge in [0, 0.05) is 6.54 Å². The minimum atomic E-state index is 0.975. The maximum absolute atomic E-state index is 3.36. The van der Waals surface area contributed by atoms with E-state index in [4.69, 9.17) is 0 Å². The van der Waals surface area contributed by atoms with E-state index in [0.717, 1.165) is 23.7 Å². The summed E-state index contributed by atoms with van der Waals surface area (Å²) in [4.78, 5) is 2.60. The van der Waals surface area contributed by atoms with Crippen molar-refractivity contribution in [1.29, 1.82) is 0 Å². The highest BCUT2D eigenvalue weighted by atomic mass is 15.1. The molecule has 0 aromatic carbocycles. The van der Waals surface area contributed by atoms with Crippen LogP contribution in [0.1, 0.15) is 32.1 Å². The molecule has 0 radical (unpaired) electrons. The first-order valence-electron chi connectivity index (χ1n) is 7.20. The van der Waals surface area contributed by atoms with Gasteiger partial charge in [-0.05, 0) is 76.0 Å². The van der Waals surface area contributed by atoms with Gasteiger partial charge < -0.3 is 10.2 Å². The van der Waals surface area contributed by atoms with Gasteiger partial charge in [0.25, 0.3) is 0 Å². The van der Waals surface area contributed by atoms with Gasteiger partial charge in [0.2, 0.25) is 0 Å². The lowest BCUT2D eigenvalue weighted by Crippen LogP contribution is -2.43. The maximum atomic E-state index is 3.36. The fraction of sp³-hybridized carbons (Fsp3) is 1.00. The van der Waals surface area contributed by atoms with Gasteiger partial charge in [-0.3, -0.25) is 0 Å². The van der Waals surface area contributed by atoms with Crippen LogP contribution in [-0.4, -0.2) is 38.1 Å². The molecule has 1 saturated heterocycles. The van der Waals surface area contributed by atoms with Crippen molar-refractivity contribution in [3.8, 4) is 0 Å². The summed E-state index contributed by atoms with van der Waals surface area (Å²) < 4.78 is 0. The Bertz CT molecular complexity index is 237. The van der Waals surface area contributed by atoms with Crippen molar-refractivity contribution in [2.24, 2.45) is 23.7 Å². The van der Waals surface area contributed by atoms with Gasteiger partial charge in [-0.1, -0.05) is 6.42 Å². The minimum absolute atomic E-state index is 0.975. The number of fused-ring (bicyclic) bond motifs is 2. The van der Waals surface area contributed by atoms with Crippen molar-refractivity contribution in [2.45, 2.75) is 32.1 Å². The molecule has 3 unspecified atom stereocenters. The summed E-state index contributed by atoms with van der Waals surface area (Å²) in [5.74, 6) is 4.22. The van der Waals surface area contributed by atoms with Crippen LogP contribution in [0.5, 0.6) is 0 Å². The summed E-state index contributed by atoms with van der Waals surface area (Å²) in [6, 6.07) is 0. The Balaban J connectivity index is 1.37. The number of nitrogens with one attached hydrogen (secondary N) is 1. The molecule has 1 N–H and O–H groups in total. The first kappa shape index (κ1) is 11.0. The molecule has 3 atom stereocenters. The second-order valence-electron chi connectivity index (χ2n) is 6.51. The standard InChI is InChI=1S/C14H26N2/c1-16(5-4-12-8-15-9-12)10-14-7-11-2-3-13(14)6-11/h11-15H,2-10H2,1H3. The Labute approximate surface area is 99.8 Å². The van der Waals surface area contributed by atoms with Crippen LogP contribution < -0.4 is 5.32 Å². The summed E-state index contributed by atoms with van der Waals surface area (Å²) in [6.45, 7) is 5.23.